The lowest BCUT2D eigenvalue weighted by atomic mass is 10.2. The number of nitrogens with zero attached hydrogens (tertiary/aromatic N) is 4. The van der Waals surface area contributed by atoms with Gasteiger partial charge in [0.25, 0.3) is 0 Å². The molecule has 150 valence electrons. The largest absolute Gasteiger partial charge is 0.497 e. The maximum atomic E-state index is 12.9. The number of halogens is 3. The highest BCUT2D eigenvalue weighted by Gasteiger charge is 2.14. The van der Waals surface area contributed by atoms with E-state index in [-0.39, 0.29) is 36.3 Å². The zero-order valence-corrected chi connectivity index (χ0v) is 18.0. The van der Waals surface area contributed by atoms with Gasteiger partial charge in [-0.15, -0.1) is 24.0 Å². The van der Waals surface area contributed by atoms with E-state index in [9.17, 15) is 8.78 Å². The van der Waals surface area contributed by atoms with Gasteiger partial charge in [-0.25, -0.2) is 4.98 Å². The number of aromatic nitrogens is 2. The number of hydrogen-bond acceptors (Lipinski definition) is 4. The maximum absolute atomic E-state index is 12.9. The Balaban J connectivity index is 0.00000364. The van der Waals surface area contributed by atoms with Gasteiger partial charge < -0.3 is 19.7 Å². The number of guanidine groups is 1. The van der Waals surface area contributed by atoms with Gasteiger partial charge in [-0.3, -0.25) is 9.56 Å². The Hall–Kier alpha value is -2.11. The lowest BCUT2D eigenvalue weighted by Gasteiger charge is -2.23. The van der Waals surface area contributed by atoms with Crippen molar-refractivity contribution < 1.29 is 18.3 Å². The van der Waals surface area contributed by atoms with Crippen LogP contribution in [0, 0.1) is 0 Å². The summed E-state index contributed by atoms with van der Waals surface area (Å²) in [6, 6.07) is 5.56. The fraction of sp³-hybridized carbons (Fsp3) is 0.412. The normalized spacial score (nSPS) is 11.1. The van der Waals surface area contributed by atoms with Gasteiger partial charge in [0.15, 0.2) is 5.96 Å². The molecule has 0 atom stereocenters. The average molecular weight is 495 g/mol. The molecule has 0 aliphatic rings. The average Bonchev–Trinajstić information content (AvgIpc) is 3.11. The Labute approximate surface area is 174 Å². The third-order valence-electron chi connectivity index (χ3n) is 3.84. The number of ether oxygens (including phenoxy) is 2. The van der Waals surface area contributed by atoms with E-state index in [1.54, 1.807) is 27.3 Å². The van der Waals surface area contributed by atoms with Gasteiger partial charge in [-0.2, -0.15) is 8.78 Å². The molecule has 0 aliphatic heterocycles. The van der Waals surface area contributed by atoms with Crippen molar-refractivity contribution in [2.45, 2.75) is 19.6 Å². The predicted molar refractivity (Wildman–Crippen MR) is 110 cm³/mol. The van der Waals surface area contributed by atoms with Crippen molar-refractivity contribution in [1.82, 2.24) is 19.8 Å². The van der Waals surface area contributed by atoms with Crippen LogP contribution in [-0.4, -0.2) is 48.7 Å². The second kappa shape index (κ2) is 10.9. The summed E-state index contributed by atoms with van der Waals surface area (Å²) >= 11 is 0. The van der Waals surface area contributed by atoms with Gasteiger partial charge >= 0.3 is 6.55 Å². The Bertz CT molecular complexity index is 755. The molecule has 1 N–H and O–H groups in total. The smallest absolute Gasteiger partial charge is 0.319 e. The van der Waals surface area contributed by atoms with Crippen molar-refractivity contribution in [2.24, 2.45) is 4.99 Å². The number of rotatable bonds is 7. The van der Waals surface area contributed by atoms with Crippen LogP contribution in [0.5, 0.6) is 11.5 Å². The summed E-state index contributed by atoms with van der Waals surface area (Å²) in [6.45, 7) is -1.98. The van der Waals surface area contributed by atoms with Crippen LogP contribution in [0.1, 0.15) is 17.9 Å². The molecule has 2 aromatic rings. The van der Waals surface area contributed by atoms with Crippen LogP contribution in [0.2, 0.25) is 0 Å². The second-order valence-electron chi connectivity index (χ2n) is 5.46. The topological polar surface area (TPSA) is 63.9 Å². The standard InChI is InChI=1S/C17H23F2N5O2.HI/c1-20-17(22-10-15-21-7-8-24(15)16(18)19)23(2)11-12-5-6-13(25-3)9-14(12)26-4;/h5-9,16H,10-11H2,1-4H3,(H,20,22);1H. The molecule has 2 rings (SSSR count). The van der Waals surface area contributed by atoms with E-state index in [0.717, 1.165) is 10.1 Å². The van der Waals surface area contributed by atoms with Gasteiger partial charge in [0, 0.05) is 44.7 Å². The summed E-state index contributed by atoms with van der Waals surface area (Å²) in [6.07, 6.45) is 2.59. The number of benzene rings is 1. The Kier molecular flexibility index (Phi) is 9.26. The quantitative estimate of drug-likeness (QED) is 0.364. The summed E-state index contributed by atoms with van der Waals surface area (Å²) in [5.41, 5.74) is 0.938. The zero-order valence-electron chi connectivity index (χ0n) is 15.6. The van der Waals surface area contributed by atoms with Crippen LogP contribution >= 0.6 is 24.0 Å². The third kappa shape index (κ3) is 5.94. The van der Waals surface area contributed by atoms with Gasteiger partial charge in [0.2, 0.25) is 0 Å². The van der Waals surface area contributed by atoms with Crippen molar-refractivity contribution in [2.75, 3.05) is 28.3 Å². The van der Waals surface area contributed by atoms with Crippen LogP contribution in [0.3, 0.4) is 0 Å². The van der Waals surface area contributed by atoms with Crippen LogP contribution in [-0.2, 0) is 13.1 Å². The third-order valence-corrected chi connectivity index (χ3v) is 3.84. The van der Waals surface area contributed by atoms with E-state index < -0.39 is 6.55 Å². The van der Waals surface area contributed by atoms with Crippen molar-refractivity contribution in [3.63, 3.8) is 0 Å². The molecule has 0 amide bonds. The van der Waals surface area contributed by atoms with Crippen molar-refractivity contribution in [3.8, 4) is 11.5 Å². The SMILES string of the molecule is CN=C(NCc1nccn1C(F)F)N(C)Cc1ccc(OC)cc1OC.I. The first-order valence-corrected chi connectivity index (χ1v) is 7.92. The van der Waals surface area contributed by atoms with Crippen LogP contribution < -0.4 is 14.8 Å². The molecule has 1 heterocycles. The van der Waals surface area contributed by atoms with E-state index in [2.05, 4.69) is 15.3 Å². The van der Waals surface area contributed by atoms with Gasteiger partial charge in [-0.05, 0) is 12.1 Å². The molecule has 10 heteroatoms. The number of imidazole rings is 1. The van der Waals surface area contributed by atoms with Gasteiger partial charge in [-0.1, -0.05) is 0 Å². The van der Waals surface area contributed by atoms with Crippen molar-refractivity contribution >= 4 is 29.9 Å². The molecule has 0 saturated carbocycles. The molecule has 7 nitrogen and oxygen atoms in total. The van der Waals surface area contributed by atoms with E-state index in [1.807, 2.05) is 24.1 Å². The van der Waals surface area contributed by atoms with Crippen molar-refractivity contribution in [3.05, 3.63) is 42.0 Å². The first-order valence-electron chi connectivity index (χ1n) is 7.92. The van der Waals surface area contributed by atoms with Gasteiger partial charge in [0.1, 0.15) is 17.3 Å². The van der Waals surface area contributed by atoms with Crippen LogP contribution in [0.4, 0.5) is 8.78 Å². The Morgan fingerprint density at radius 2 is 2.07 bits per heavy atom. The molecule has 0 bridgehead atoms. The molecular formula is C17H24F2IN5O2. The first kappa shape index (κ1) is 22.9. The second-order valence-corrected chi connectivity index (χ2v) is 5.46. The van der Waals surface area contributed by atoms with Crippen LogP contribution in [0.15, 0.2) is 35.6 Å². The molecule has 0 unspecified atom stereocenters. The summed E-state index contributed by atoms with van der Waals surface area (Å²) in [5, 5.41) is 3.04. The highest BCUT2D eigenvalue weighted by molar-refractivity contribution is 14.0. The number of alkyl halides is 2. The molecular weight excluding hydrogens is 471 g/mol. The molecule has 1 aromatic carbocycles. The van der Waals surface area contributed by atoms with E-state index in [4.69, 9.17) is 9.47 Å². The highest BCUT2D eigenvalue weighted by Crippen LogP contribution is 2.25. The fourth-order valence-electron chi connectivity index (χ4n) is 2.51. The monoisotopic (exact) mass is 495 g/mol. The predicted octanol–water partition coefficient (Wildman–Crippen LogP) is 3.12. The van der Waals surface area contributed by atoms with Gasteiger partial charge in [0.05, 0.1) is 20.8 Å². The molecule has 0 aliphatic carbocycles. The number of hydrogen-bond donors (Lipinski definition) is 1. The Morgan fingerprint density at radius 3 is 2.67 bits per heavy atom. The maximum Gasteiger partial charge on any atom is 0.319 e. The lowest BCUT2D eigenvalue weighted by molar-refractivity contribution is 0.0668. The number of aliphatic imine (C=N–C) groups is 1. The molecule has 27 heavy (non-hydrogen) atoms. The lowest BCUT2D eigenvalue weighted by Crippen LogP contribution is -2.38. The first-order chi connectivity index (χ1) is 12.5. The highest BCUT2D eigenvalue weighted by atomic mass is 127. The van der Waals surface area contributed by atoms with Crippen LogP contribution in [0.25, 0.3) is 0 Å². The number of nitrogens with one attached hydrogen (secondary N) is 1. The zero-order chi connectivity index (χ0) is 19.1. The van der Waals surface area contributed by atoms with E-state index in [0.29, 0.717) is 24.0 Å². The summed E-state index contributed by atoms with van der Waals surface area (Å²) in [7, 11) is 6.66. The minimum atomic E-state index is -2.63. The number of methoxy groups -OCH3 is 2. The minimum Gasteiger partial charge on any atom is -0.497 e. The van der Waals surface area contributed by atoms with E-state index in [1.165, 1.54) is 12.4 Å². The summed E-state index contributed by atoms with van der Waals surface area (Å²) in [5.74, 6) is 2.18. The molecule has 0 saturated heterocycles. The van der Waals surface area contributed by atoms with Crippen molar-refractivity contribution in [1.29, 1.82) is 0 Å². The molecule has 0 fully saturated rings. The molecule has 0 radical (unpaired) electrons. The Morgan fingerprint density at radius 1 is 1.33 bits per heavy atom. The fourth-order valence-corrected chi connectivity index (χ4v) is 2.51. The minimum absolute atomic E-state index is 0. The summed E-state index contributed by atoms with van der Waals surface area (Å²) in [4.78, 5) is 10.00. The van der Waals surface area contributed by atoms with E-state index >= 15 is 0 Å². The molecule has 0 spiro atoms. The summed E-state index contributed by atoms with van der Waals surface area (Å²) < 4.78 is 37.2. The molecule has 1 aromatic heterocycles.